The molecule has 3 heteroatoms. The number of para-hydroxylation sites is 1. The summed E-state index contributed by atoms with van der Waals surface area (Å²) in [7, 11) is 0. The van der Waals surface area contributed by atoms with Crippen LogP contribution in [-0.2, 0) is 6.54 Å². The van der Waals surface area contributed by atoms with Crippen LogP contribution in [0.25, 0.3) is 10.9 Å². The second-order valence-corrected chi connectivity index (χ2v) is 4.97. The van der Waals surface area contributed by atoms with E-state index in [4.69, 9.17) is 5.26 Å². The molecule has 0 N–H and O–H groups in total. The van der Waals surface area contributed by atoms with Crippen LogP contribution in [0.4, 0.5) is 0 Å². The highest BCUT2D eigenvalue weighted by atomic mass is 15.1. The number of nitrogens with zero attached hydrogens (tertiary/aromatic N) is 3. The van der Waals surface area contributed by atoms with Crippen LogP contribution < -0.4 is 0 Å². The first-order valence-electron chi connectivity index (χ1n) is 6.66. The molecule has 0 atom stereocenters. The van der Waals surface area contributed by atoms with Gasteiger partial charge in [-0.25, -0.2) is 0 Å². The summed E-state index contributed by atoms with van der Waals surface area (Å²) in [4.78, 5) is 6.96. The first kappa shape index (κ1) is 13.5. The highest BCUT2D eigenvalue weighted by molar-refractivity contribution is 5.78. The Morgan fingerprint density at radius 1 is 1.21 bits per heavy atom. The smallest absolute Gasteiger partial charge is 0.0705 e. The van der Waals surface area contributed by atoms with Gasteiger partial charge in [-0.05, 0) is 26.0 Å². The maximum atomic E-state index is 8.71. The number of pyridine rings is 1. The summed E-state index contributed by atoms with van der Waals surface area (Å²) in [6.07, 6.45) is 0.561. The molecular formula is C16H19N3. The van der Waals surface area contributed by atoms with Gasteiger partial charge in [0, 0.05) is 30.9 Å². The number of hydrogen-bond acceptors (Lipinski definition) is 3. The van der Waals surface area contributed by atoms with Crippen molar-refractivity contribution in [3.63, 3.8) is 0 Å². The second kappa shape index (κ2) is 6.31. The van der Waals surface area contributed by atoms with Crippen molar-refractivity contribution in [3.05, 3.63) is 42.1 Å². The molecule has 0 spiro atoms. The minimum absolute atomic E-state index is 0.418. The fourth-order valence-electron chi connectivity index (χ4n) is 2.12. The van der Waals surface area contributed by atoms with Gasteiger partial charge in [0.1, 0.15) is 0 Å². The maximum absolute atomic E-state index is 8.71. The van der Waals surface area contributed by atoms with Crippen LogP contribution in [0.3, 0.4) is 0 Å². The Hall–Kier alpha value is -1.92. The molecule has 0 aliphatic rings. The van der Waals surface area contributed by atoms with E-state index < -0.39 is 0 Å². The fourth-order valence-corrected chi connectivity index (χ4v) is 2.12. The lowest BCUT2D eigenvalue weighted by molar-refractivity contribution is 0.215. The Morgan fingerprint density at radius 2 is 2.00 bits per heavy atom. The lowest BCUT2D eigenvalue weighted by Gasteiger charge is -2.25. The van der Waals surface area contributed by atoms with E-state index in [0.29, 0.717) is 12.5 Å². The molecular weight excluding hydrogens is 234 g/mol. The van der Waals surface area contributed by atoms with Crippen molar-refractivity contribution in [3.8, 4) is 6.07 Å². The Kier molecular flexibility index (Phi) is 4.48. The highest BCUT2D eigenvalue weighted by Crippen LogP contribution is 2.14. The standard InChI is InChI=1S/C16H19N3/c1-13(2)19(11-5-10-17)12-15-9-8-14-6-3-4-7-16(14)18-15/h3-4,6-9,13H,5,11-12H2,1-2H3. The molecule has 0 unspecified atom stereocenters. The van der Waals surface area contributed by atoms with Crippen molar-refractivity contribution in [1.29, 1.82) is 5.26 Å². The number of hydrogen-bond donors (Lipinski definition) is 0. The molecule has 19 heavy (non-hydrogen) atoms. The molecule has 0 fully saturated rings. The van der Waals surface area contributed by atoms with Gasteiger partial charge in [0.2, 0.25) is 0 Å². The normalized spacial score (nSPS) is 11.1. The Bertz CT molecular complexity index is 584. The van der Waals surface area contributed by atoms with E-state index in [1.54, 1.807) is 0 Å². The Balaban J connectivity index is 2.17. The average Bonchev–Trinajstić information content (AvgIpc) is 2.43. The van der Waals surface area contributed by atoms with Gasteiger partial charge >= 0.3 is 0 Å². The zero-order valence-electron chi connectivity index (χ0n) is 11.5. The molecule has 1 aromatic carbocycles. The van der Waals surface area contributed by atoms with Crippen LogP contribution in [0.2, 0.25) is 0 Å². The molecule has 0 radical (unpaired) electrons. The van der Waals surface area contributed by atoms with E-state index >= 15 is 0 Å². The summed E-state index contributed by atoms with van der Waals surface area (Å²) in [6, 6.07) is 15.0. The minimum Gasteiger partial charge on any atom is -0.294 e. The third-order valence-corrected chi connectivity index (χ3v) is 3.26. The van der Waals surface area contributed by atoms with E-state index in [9.17, 15) is 0 Å². The van der Waals surface area contributed by atoms with Gasteiger partial charge in [0.15, 0.2) is 0 Å². The first-order chi connectivity index (χ1) is 9.20. The van der Waals surface area contributed by atoms with Crippen molar-refractivity contribution in [2.24, 2.45) is 0 Å². The summed E-state index contributed by atoms with van der Waals surface area (Å²) in [5, 5.41) is 9.88. The molecule has 0 saturated carbocycles. The summed E-state index contributed by atoms with van der Waals surface area (Å²) in [6.45, 7) is 5.89. The van der Waals surface area contributed by atoms with Crippen molar-refractivity contribution >= 4 is 10.9 Å². The zero-order valence-corrected chi connectivity index (χ0v) is 11.5. The Morgan fingerprint density at radius 3 is 2.74 bits per heavy atom. The summed E-state index contributed by atoms with van der Waals surface area (Å²) in [5.41, 5.74) is 2.09. The SMILES string of the molecule is CC(C)N(CCC#N)Cc1ccc2ccccc2n1. The van der Waals surface area contributed by atoms with Crippen molar-refractivity contribution in [2.75, 3.05) is 6.54 Å². The lowest BCUT2D eigenvalue weighted by Crippen LogP contribution is -2.31. The van der Waals surface area contributed by atoms with E-state index in [-0.39, 0.29) is 0 Å². The number of rotatable bonds is 5. The van der Waals surface area contributed by atoms with E-state index in [0.717, 1.165) is 24.3 Å². The third kappa shape index (κ3) is 3.52. The molecule has 0 amide bonds. The van der Waals surface area contributed by atoms with E-state index in [1.807, 2.05) is 18.2 Å². The summed E-state index contributed by atoms with van der Waals surface area (Å²) < 4.78 is 0. The van der Waals surface area contributed by atoms with Crippen LogP contribution >= 0.6 is 0 Å². The summed E-state index contributed by atoms with van der Waals surface area (Å²) >= 11 is 0. The van der Waals surface area contributed by atoms with Gasteiger partial charge in [0.05, 0.1) is 17.3 Å². The molecule has 2 aromatic rings. The van der Waals surface area contributed by atoms with Crippen molar-refractivity contribution in [1.82, 2.24) is 9.88 Å². The molecule has 0 bridgehead atoms. The molecule has 0 saturated heterocycles. The van der Waals surface area contributed by atoms with Crippen molar-refractivity contribution in [2.45, 2.75) is 32.9 Å². The number of fused-ring (bicyclic) bond motifs is 1. The largest absolute Gasteiger partial charge is 0.294 e. The van der Waals surface area contributed by atoms with Gasteiger partial charge in [-0.3, -0.25) is 9.88 Å². The zero-order chi connectivity index (χ0) is 13.7. The maximum Gasteiger partial charge on any atom is 0.0705 e. The van der Waals surface area contributed by atoms with Gasteiger partial charge in [-0.2, -0.15) is 5.26 Å². The van der Waals surface area contributed by atoms with Crippen LogP contribution in [0.15, 0.2) is 36.4 Å². The third-order valence-electron chi connectivity index (χ3n) is 3.26. The predicted molar refractivity (Wildman–Crippen MR) is 77.5 cm³/mol. The van der Waals surface area contributed by atoms with Crippen LogP contribution in [0.5, 0.6) is 0 Å². The molecule has 1 heterocycles. The quantitative estimate of drug-likeness (QED) is 0.820. The van der Waals surface area contributed by atoms with Crippen LogP contribution in [0.1, 0.15) is 26.0 Å². The topological polar surface area (TPSA) is 39.9 Å². The highest BCUT2D eigenvalue weighted by Gasteiger charge is 2.10. The second-order valence-electron chi connectivity index (χ2n) is 4.97. The average molecular weight is 253 g/mol. The lowest BCUT2D eigenvalue weighted by atomic mass is 10.2. The van der Waals surface area contributed by atoms with Gasteiger partial charge in [-0.15, -0.1) is 0 Å². The molecule has 2 rings (SSSR count). The molecule has 0 aliphatic carbocycles. The molecule has 1 aromatic heterocycles. The molecule has 3 nitrogen and oxygen atoms in total. The molecule has 98 valence electrons. The number of benzene rings is 1. The van der Waals surface area contributed by atoms with Gasteiger partial charge in [-0.1, -0.05) is 24.3 Å². The van der Waals surface area contributed by atoms with Crippen LogP contribution in [-0.4, -0.2) is 22.5 Å². The van der Waals surface area contributed by atoms with Crippen molar-refractivity contribution < 1.29 is 0 Å². The summed E-state index contributed by atoms with van der Waals surface area (Å²) in [5.74, 6) is 0. The number of aromatic nitrogens is 1. The van der Waals surface area contributed by atoms with E-state index in [2.05, 4.69) is 48.0 Å². The Labute approximate surface area is 114 Å². The number of nitriles is 1. The van der Waals surface area contributed by atoms with Gasteiger partial charge < -0.3 is 0 Å². The minimum atomic E-state index is 0.418. The fraction of sp³-hybridized carbons (Fsp3) is 0.375. The van der Waals surface area contributed by atoms with Crippen LogP contribution in [0, 0.1) is 11.3 Å². The monoisotopic (exact) mass is 253 g/mol. The van der Waals surface area contributed by atoms with Gasteiger partial charge in [0.25, 0.3) is 0 Å². The predicted octanol–water partition coefficient (Wildman–Crippen LogP) is 3.36. The first-order valence-corrected chi connectivity index (χ1v) is 6.66. The van der Waals surface area contributed by atoms with E-state index in [1.165, 1.54) is 5.39 Å². The molecule has 0 aliphatic heterocycles.